The number of carbonyl (C=O) groups excluding carboxylic acids is 1. The van der Waals surface area contributed by atoms with Crippen LogP contribution in [-0.4, -0.2) is 53.5 Å². The van der Waals surface area contributed by atoms with Gasteiger partial charge in [0, 0.05) is 51.3 Å². The maximum atomic E-state index is 13.1. The molecule has 1 aromatic heterocycles. The monoisotopic (exact) mass is 727 g/mol. The number of amides is 1. The second-order valence-corrected chi connectivity index (χ2v) is 12.6. The standard InChI is InChI=1S/C41H39ClFN3O4.ClH/c1-30-2-14-36(15-3-30)48-25-20-31-4-6-33(7-5-31)28-45-21-23-46(24-22-45)41(47)19-11-32-10-17-39(38(42)26-32)50-40-18-16-37(27-44-40)49-29-34-8-12-35(43)13-9-34;/h2-19,26-27H,20-25,28-29H2,1H3;1H/b19-11+;. The fourth-order valence-electron chi connectivity index (χ4n) is 5.47. The fraction of sp³-hybridized carbons (Fsp3) is 0.220. The van der Waals surface area contributed by atoms with Gasteiger partial charge in [0.05, 0.1) is 17.8 Å². The van der Waals surface area contributed by atoms with Crippen molar-refractivity contribution < 1.29 is 23.4 Å². The summed E-state index contributed by atoms with van der Waals surface area (Å²) in [6.45, 7) is 6.85. The first kappa shape index (κ1) is 37.4. The summed E-state index contributed by atoms with van der Waals surface area (Å²) in [5, 5.41) is 0.398. The molecule has 1 aliphatic heterocycles. The number of nitrogens with zero attached hydrogens (tertiary/aromatic N) is 3. The number of piperazine rings is 1. The number of halogens is 3. The van der Waals surface area contributed by atoms with Crippen molar-refractivity contribution in [3.05, 3.63) is 154 Å². The van der Waals surface area contributed by atoms with Gasteiger partial charge in [0.15, 0.2) is 0 Å². The molecule has 0 bridgehead atoms. The van der Waals surface area contributed by atoms with Crippen molar-refractivity contribution in [1.82, 2.24) is 14.8 Å². The number of ether oxygens (including phenoxy) is 3. The Bertz CT molecular complexity index is 1880. The smallest absolute Gasteiger partial charge is 0.246 e. The Labute approximate surface area is 309 Å². The van der Waals surface area contributed by atoms with Crippen LogP contribution in [0.1, 0.15) is 27.8 Å². The van der Waals surface area contributed by atoms with Crippen LogP contribution in [0.5, 0.6) is 23.1 Å². The molecule has 2 heterocycles. The molecular weight excluding hydrogens is 688 g/mol. The van der Waals surface area contributed by atoms with Crippen LogP contribution >= 0.6 is 24.0 Å². The Hall–Kier alpha value is -4.89. The number of aryl methyl sites for hydroxylation is 1. The first-order valence-corrected chi connectivity index (χ1v) is 17.0. The quantitative estimate of drug-likeness (QED) is 0.113. The average Bonchev–Trinajstić information content (AvgIpc) is 3.14. The molecule has 51 heavy (non-hydrogen) atoms. The lowest BCUT2D eigenvalue weighted by Gasteiger charge is -2.34. The maximum Gasteiger partial charge on any atom is 0.246 e. The number of pyridine rings is 1. The van der Waals surface area contributed by atoms with Crippen molar-refractivity contribution in [2.75, 3.05) is 32.8 Å². The van der Waals surface area contributed by atoms with Crippen LogP contribution in [0.2, 0.25) is 5.02 Å². The van der Waals surface area contributed by atoms with Gasteiger partial charge >= 0.3 is 0 Å². The van der Waals surface area contributed by atoms with Gasteiger partial charge in [0.2, 0.25) is 11.8 Å². The van der Waals surface area contributed by atoms with E-state index in [4.69, 9.17) is 25.8 Å². The minimum absolute atomic E-state index is 0. The van der Waals surface area contributed by atoms with Gasteiger partial charge < -0.3 is 19.1 Å². The highest BCUT2D eigenvalue weighted by Crippen LogP contribution is 2.30. The number of hydrogen-bond donors (Lipinski definition) is 0. The van der Waals surface area contributed by atoms with Gasteiger partial charge in [-0.25, -0.2) is 9.37 Å². The zero-order valence-corrected chi connectivity index (χ0v) is 29.9. The van der Waals surface area contributed by atoms with Gasteiger partial charge in [-0.3, -0.25) is 9.69 Å². The van der Waals surface area contributed by atoms with Crippen molar-refractivity contribution in [2.24, 2.45) is 0 Å². The second kappa shape index (κ2) is 18.4. The molecule has 1 fully saturated rings. The molecule has 1 amide bonds. The van der Waals surface area contributed by atoms with E-state index in [0.717, 1.165) is 42.9 Å². The van der Waals surface area contributed by atoms with E-state index in [-0.39, 0.29) is 24.1 Å². The molecule has 0 atom stereocenters. The molecule has 1 aliphatic rings. The molecule has 0 aliphatic carbocycles. The Kier molecular flexibility index (Phi) is 13.5. The summed E-state index contributed by atoms with van der Waals surface area (Å²) in [6.07, 6.45) is 5.77. The molecule has 7 nitrogen and oxygen atoms in total. The number of hydrogen-bond acceptors (Lipinski definition) is 6. The predicted octanol–water partition coefficient (Wildman–Crippen LogP) is 8.95. The highest BCUT2D eigenvalue weighted by molar-refractivity contribution is 6.32. The number of benzene rings is 4. The van der Waals surface area contributed by atoms with E-state index >= 15 is 0 Å². The van der Waals surface area contributed by atoms with Crippen LogP contribution in [0.3, 0.4) is 0 Å². The highest BCUT2D eigenvalue weighted by atomic mass is 35.5. The molecule has 5 aromatic rings. The molecule has 0 saturated carbocycles. The Morgan fingerprint density at radius 3 is 2.20 bits per heavy atom. The Balaban J connectivity index is 0.00000504. The van der Waals surface area contributed by atoms with E-state index in [2.05, 4.69) is 53.2 Å². The molecule has 0 unspecified atom stereocenters. The normalized spacial score (nSPS) is 13.1. The van der Waals surface area contributed by atoms with E-state index in [9.17, 15) is 9.18 Å². The van der Waals surface area contributed by atoms with Crippen LogP contribution in [0.4, 0.5) is 4.39 Å². The zero-order valence-electron chi connectivity index (χ0n) is 28.3. The maximum absolute atomic E-state index is 13.1. The van der Waals surface area contributed by atoms with Gasteiger partial charge in [-0.2, -0.15) is 0 Å². The number of carbonyl (C=O) groups is 1. The van der Waals surface area contributed by atoms with Gasteiger partial charge in [-0.05, 0) is 77.7 Å². The third-order valence-corrected chi connectivity index (χ3v) is 8.71. The summed E-state index contributed by atoms with van der Waals surface area (Å²) >= 11 is 6.50. The lowest BCUT2D eigenvalue weighted by molar-refractivity contribution is -0.127. The summed E-state index contributed by atoms with van der Waals surface area (Å²) in [6, 6.07) is 31.7. The van der Waals surface area contributed by atoms with Crippen molar-refractivity contribution >= 4 is 36.0 Å². The molecule has 0 N–H and O–H groups in total. The van der Waals surface area contributed by atoms with Gasteiger partial charge in [0.1, 0.15) is 29.7 Å². The lowest BCUT2D eigenvalue weighted by atomic mass is 10.1. The molecule has 6 rings (SSSR count). The van der Waals surface area contributed by atoms with Crippen LogP contribution in [0, 0.1) is 12.7 Å². The highest BCUT2D eigenvalue weighted by Gasteiger charge is 2.19. The lowest BCUT2D eigenvalue weighted by Crippen LogP contribution is -2.47. The summed E-state index contributed by atoms with van der Waals surface area (Å²) < 4.78 is 30.5. The summed E-state index contributed by atoms with van der Waals surface area (Å²) in [5.41, 5.74) is 5.37. The second-order valence-electron chi connectivity index (χ2n) is 12.2. The largest absolute Gasteiger partial charge is 0.493 e. The Morgan fingerprint density at radius 1 is 0.824 bits per heavy atom. The van der Waals surface area contributed by atoms with Crippen LogP contribution in [0.15, 0.2) is 115 Å². The van der Waals surface area contributed by atoms with Gasteiger partial charge in [-0.15, -0.1) is 12.4 Å². The third-order valence-electron chi connectivity index (χ3n) is 8.41. The third kappa shape index (κ3) is 11.3. The fourth-order valence-corrected chi connectivity index (χ4v) is 5.69. The minimum Gasteiger partial charge on any atom is -0.493 e. The molecule has 0 radical (unpaired) electrons. The number of aromatic nitrogens is 1. The van der Waals surface area contributed by atoms with Crippen molar-refractivity contribution in [2.45, 2.75) is 26.5 Å². The Morgan fingerprint density at radius 2 is 1.51 bits per heavy atom. The topological polar surface area (TPSA) is 64.1 Å². The van der Waals surface area contributed by atoms with E-state index in [1.807, 2.05) is 23.1 Å². The average molecular weight is 729 g/mol. The van der Waals surface area contributed by atoms with Crippen molar-refractivity contribution in [1.29, 1.82) is 0 Å². The first-order valence-electron chi connectivity index (χ1n) is 16.6. The summed E-state index contributed by atoms with van der Waals surface area (Å²) in [5.74, 6) is 1.95. The van der Waals surface area contributed by atoms with Crippen molar-refractivity contribution in [3.63, 3.8) is 0 Å². The zero-order chi connectivity index (χ0) is 34.7. The van der Waals surface area contributed by atoms with Gasteiger partial charge in [0.25, 0.3) is 0 Å². The minimum atomic E-state index is -0.288. The SMILES string of the molecule is Cc1ccc(OCCc2ccc(CN3CCN(C(=O)/C=C/c4ccc(Oc5ccc(OCc6ccc(F)cc6)cn5)c(Cl)c4)CC3)cc2)cc1.Cl. The van der Waals surface area contributed by atoms with Crippen LogP contribution in [-0.2, 0) is 24.4 Å². The molecule has 1 saturated heterocycles. The molecule has 0 spiro atoms. The molecule has 264 valence electrons. The van der Waals surface area contributed by atoms with E-state index in [1.165, 1.54) is 28.8 Å². The van der Waals surface area contributed by atoms with Crippen molar-refractivity contribution in [3.8, 4) is 23.1 Å². The molecule has 10 heteroatoms. The molecule has 4 aromatic carbocycles. The van der Waals surface area contributed by atoms with E-state index < -0.39 is 0 Å². The van der Waals surface area contributed by atoms with E-state index in [0.29, 0.717) is 48.7 Å². The van der Waals surface area contributed by atoms with Crippen LogP contribution in [0.25, 0.3) is 6.08 Å². The summed E-state index contributed by atoms with van der Waals surface area (Å²) in [7, 11) is 0. The summed E-state index contributed by atoms with van der Waals surface area (Å²) in [4.78, 5) is 21.5. The van der Waals surface area contributed by atoms with Crippen LogP contribution < -0.4 is 14.2 Å². The molecular formula is C41H40Cl2FN3O4. The first-order chi connectivity index (χ1) is 24.4. The van der Waals surface area contributed by atoms with Gasteiger partial charge in [-0.1, -0.05) is 71.8 Å². The number of rotatable bonds is 13. The predicted molar refractivity (Wildman–Crippen MR) is 201 cm³/mol. The van der Waals surface area contributed by atoms with E-state index in [1.54, 1.807) is 54.7 Å².